The molecule has 2 rings (SSSR count). The van der Waals surface area contributed by atoms with Crippen LogP contribution in [0.4, 0.5) is 0 Å². The van der Waals surface area contributed by atoms with Crippen LogP contribution in [0.25, 0.3) is 0 Å². The second kappa shape index (κ2) is 8.82. The first-order chi connectivity index (χ1) is 10.7. The summed E-state index contributed by atoms with van der Waals surface area (Å²) < 4.78 is 5.84. The van der Waals surface area contributed by atoms with E-state index in [0.717, 1.165) is 43.9 Å². The normalized spacial score (nSPS) is 10.7. The lowest BCUT2D eigenvalue weighted by molar-refractivity contribution is -0.671. The Kier molecular flexibility index (Phi) is 6.75. The molecule has 0 bridgehead atoms. The molecule has 0 saturated carbocycles. The number of hydrogen-bond donors (Lipinski definition) is 1. The number of hydrogen-bond acceptors (Lipinski definition) is 1. The third-order valence-electron chi connectivity index (χ3n) is 3.65. The van der Waals surface area contributed by atoms with Crippen molar-refractivity contribution < 1.29 is 10.1 Å². The Bertz CT molecular complexity index is 560. The van der Waals surface area contributed by atoms with Crippen LogP contribution in [-0.2, 0) is 6.54 Å². The van der Waals surface area contributed by atoms with Gasteiger partial charge in [0, 0.05) is 5.56 Å². The summed E-state index contributed by atoms with van der Waals surface area (Å²) in [6, 6.07) is 14.6. The molecule has 2 N–H and O–H groups in total. The summed E-state index contributed by atoms with van der Waals surface area (Å²) in [5.41, 5.74) is 3.66. The van der Waals surface area contributed by atoms with Gasteiger partial charge in [-0.1, -0.05) is 48.0 Å². The summed E-state index contributed by atoms with van der Waals surface area (Å²) in [5.74, 6) is 0.834. The van der Waals surface area contributed by atoms with Crippen molar-refractivity contribution in [3.8, 4) is 5.75 Å². The number of quaternary nitrogens is 1. The number of ether oxygens (including phenoxy) is 1. The van der Waals surface area contributed by atoms with Crippen molar-refractivity contribution in [1.82, 2.24) is 0 Å². The fourth-order valence-electron chi connectivity index (χ4n) is 2.53. The second-order valence-corrected chi connectivity index (χ2v) is 6.12. The fourth-order valence-corrected chi connectivity index (χ4v) is 2.91. The van der Waals surface area contributed by atoms with Gasteiger partial charge < -0.3 is 10.1 Å². The van der Waals surface area contributed by atoms with Gasteiger partial charge in [-0.25, -0.2) is 0 Å². The van der Waals surface area contributed by atoms with Crippen LogP contribution in [0.1, 0.15) is 29.5 Å². The predicted molar refractivity (Wildman–Crippen MR) is 92.6 cm³/mol. The molecule has 118 valence electrons. The minimum atomic E-state index is 0.716. The smallest absolute Gasteiger partial charge is 0.140 e. The van der Waals surface area contributed by atoms with Gasteiger partial charge in [-0.2, -0.15) is 0 Å². The van der Waals surface area contributed by atoms with Crippen LogP contribution < -0.4 is 10.1 Å². The highest BCUT2D eigenvalue weighted by atomic mass is 35.5. The fraction of sp³-hybridized carbons (Fsp3) is 0.368. The molecule has 0 aliphatic rings. The van der Waals surface area contributed by atoms with E-state index < -0.39 is 0 Å². The lowest BCUT2D eigenvalue weighted by Crippen LogP contribution is -2.82. The van der Waals surface area contributed by atoms with Crippen LogP contribution in [0.5, 0.6) is 5.75 Å². The van der Waals surface area contributed by atoms with Crippen molar-refractivity contribution in [3.05, 3.63) is 64.2 Å². The quantitative estimate of drug-likeness (QED) is 0.734. The Hall–Kier alpha value is -1.51. The molecule has 0 radical (unpaired) electrons. The van der Waals surface area contributed by atoms with Gasteiger partial charge >= 0.3 is 0 Å². The molecule has 0 atom stereocenters. The number of nitrogens with two attached hydrogens (primary N) is 1. The van der Waals surface area contributed by atoms with E-state index in [1.807, 2.05) is 19.9 Å². The van der Waals surface area contributed by atoms with Gasteiger partial charge in [0.15, 0.2) is 0 Å². The van der Waals surface area contributed by atoms with E-state index in [-0.39, 0.29) is 0 Å². The largest absolute Gasteiger partial charge is 0.492 e. The molecule has 0 heterocycles. The van der Waals surface area contributed by atoms with Crippen molar-refractivity contribution in [1.29, 1.82) is 0 Å². The lowest BCUT2D eigenvalue weighted by Gasteiger charge is -2.11. The second-order valence-electron chi connectivity index (χ2n) is 5.72. The molecule has 22 heavy (non-hydrogen) atoms. The van der Waals surface area contributed by atoms with Crippen LogP contribution in [-0.4, -0.2) is 13.2 Å². The molecule has 0 saturated heterocycles. The minimum absolute atomic E-state index is 0.716. The van der Waals surface area contributed by atoms with Crippen LogP contribution >= 0.6 is 11.6 Å². The molecule has 0 aromatic heterocycles. The number of unbranched alkanes of at least 4 members (excludes halogenated alkanes) is 1. The van der Waals surface area contributed by atoms with Crippen molar-refractivity contribution in [2.24, 2.45) is 0 Å². The molecular formula is C19H25ClNO+. The summed E-state index contributed by atoms with van der Waals surface area (Å²) in [6.07, 6.45) is 2.20. The van der Waals surface area contributed by atoms with Gasteiger partial charge in [-0.15, -0.1) is 0 Å². The Morgan fingerprint density at radius 3 is 2.55 bits per heavy atom. The third-order valence-corrected chi connectivity index (χ3v) is 3.93. The molecule has 3 heteroatoms. The maximum absolute atomic E-state index is 6.23. The zero-order valence-corrected chi connectivity index (χ0v) is 14.2. The van der Waals surface area contributed by atoms with Gasteiger partial charge in [0.25, 0.3) is 0 Å². The maximum atomic E-state index is 6.23. The maximum Gasteiger partial charge on any atom is 0.140 e. The SMILES string of the molecule is Cc1cc(C)c(OCCCC[NH2+]Cc2ccccc2)c(Cl)c1. The van der Waals surface area contributed by atoms with Gasteiger partial charge in [0.2, 0.25) is 0 Å². The molecule has 0 spiro atoms. The summed E-state index contributed by atoms with van der Waals surface area (Å²) >= 11 is 6.23. The summed E-state index contributed by atoms with van der Waals surface area (Å²) in [6.45, 7) is 6.99. The van der Waals surface area contributed by atoms with E-state index >= 15 is 0 Å². The van der Waals surface area contributed by atoms with E-state index in [4.69, 9.17) is 16.3 Å². The van der Waals surface area contributed by atoms with Crippen LogP contribution in [0, 0.1) is 13.8 Å². The highest BCUT2D eigenvalue weighted by molar-refractivity contribution is 6.32. The first-order valence-corrected chi connectivity index (χ1v) is 8.30. The van der Waals surface area contributed by atoms with Gasteiger partial charge in [0.1, 0.15) is 12.3 Å². The number of benzene rings is 2. The summed E-state index contributed by atoms with van der Waals surface area (Å²) in [7, 11) is 0. The van der Waals surface area contributed by atoms with E-state index in [0.29, 0.717) is 5.02 Å². The minimum Gasteiger partial charge on any atom is -0.492 e. The molecule has 0 fully saturated rings. The first kappa shape index (κ1) is 16.9. The molecule has 2 nitrogen and oxygen atoms in total. The zero-order valence-electron chi connectivity index (χ0n) is 13.4. The predicted octanol–water partition coefficient (Wildman–Crippen LogP) is 3.88. The van der Waals surface area contributed by atoms with Crippen molar-refractivity contribution in [2.45, 2.75) is 33.2 Å². The van der Waals surface area contributed by atoms with E-state index in [1.54, 1.807) is 0 Å². The van der Waals surface area contributed by atoms with Gasteiger partial charge in [-0.3, -0.25) is 0 Å². The van der Waals surface area contributed by atoms with Crippen LogP contribution in [0.3, 0.4) is 0 Å². The Labute approximate surface area is 138 Å². The topological polar surface area (TPSA) is 25.8 Å². The highest BCUT2D eigenvalue weighted by Crippen LogP contribution is 2.29. The Balaban J connectivity index is 1.62. The van der Waals surface area contributed by atoms with Gasteiger partial charge in [-0.05, 0) is 43.9 Å². The third kappa shape index (κ3) is 5.36. The van der Waals surface area contributed by atoms with Crippen molar-refractivity contribution in [2.75, 3.05) is 13.2 Å². The standard InChI is InChI=1S/C19H24ClNO/c1-15-12-16(2)19(18(20)13-15)22-11-7-6-10-21-14-17-8-4-3-5-9-17/h3-5,8-9,12-13,21H,6-7,10-11,14H2,1-2H3/p+1. The van der Waals surface area contributed by atoms with Gasteiger partial charge in [0.05, 0.1) is 18.2 Å². The average molecular weight is 319 g/mol. The monoisotopic (exact) mass is 318 g/mol. The van der Waals surface area contributed by atoms with Crippen molar-refractivity contribution >= 4 is 11.6 Å². The summed E-state index contributed by atoms with van der Waals surface area (Å²) in [5, 5.41) is 3.06. The highest BCUT2D eigenvalue weighted by Gasteiger charge is 2.06. The molecule has 0 unspecified atom stereocenters. The first-order valence-electron chi connectivity index (χ1n) is 7.92. The number of halogens is 1. The van der Waals surface area contributed by atoms with E-state index in [9.17, 15) is 0 Å². The zero-order chi connectivity index (χ0) is 15.8. The molecular weight excluding hydrogens is 294 g/mol. The molecule has 2 aromatic rings. The molecule has 0 aliphatic heterocycles. The average Bonchev–Trinajstić information content (AvgIpc) is 2.49. The Morgan fingerprint density at radius 2 is 1.82 bits per heavy atom. The molecule has 0 amide bonds. The lowest BCUT2D eigenvalue weighted by atomic mass is 10.1. The van der Waals surface area contributed by atoms with Crippen LogP contribution in [0.15, 0.2) is 42.5 Å². The van der Waals surface area contributed by atoms with E-state index in [1.165, 1.54) is 11.1 Å². The number of aryl methyl sites for hydroxylation is 2. The Morgan fingerprint density at radius 1 is 1.05 bits per heavy atom. The number of rotatable bonds is 8. The molecule has 2 aromatic carbocycles. The molecule has 0 aliphatic carbocycles. The van der Waals surface area contributed by atoms with Crippen LogP contribution in [0.2, 0.25) is 5.02 Å². The van der Waals surface area contributed by atoms with E-state index in [2.05, 4.69) is 41.7 Å². The van der Waals surface area contributed by atoms with Crippen molar-refractivity contribution in [3.63, 3.8) is 0 Å². The summed E-state index contributed by atoms with van der Waals surface area (Å²) in [4.78, 5) is 0.